The minimum Gasteiger partial charge on any atom is -0.790 e. The number of fused-ring (bicyclic) bond motifs is 1. The van der Waals surface area contributed by atoms with Crippen LogP contribution in [0.3, 0.4) is 0 Å². The Bertz CT molecular complexity index is 1980. The first-order valence-electron chi connectivity index (χ1n) is 18.8. The molecule has 24 nitrogen and oxygen atoms in total. The lowest BCUT2D eigenvalue weighted by molar-refractivity contribution is -0.347. The van der Waals surface area contributed by atoms with Crippen LogP contribution in [-0.4, -0.2) is 103 Å². The third kappa shape index (κ3) is 18.0. The molecule has 1 fully saturated rings. The zero-order valence-electron chi connectivity index (χ0n) is 33.5. The molecule has 2 aromatic rings. The van der Waals surface area contributed by atoms with Crippen molar-refractivity contribution in [1.29, 1.82) is 0 Å². The Morgan fingerprint density at radius 1 is 1.02 bits per heavy atom. The Hall–Kier alpha value is -2.96. The molecule has 344 valence electrons. The zero-order chi connectivity index (χ0) is 45.4. The lowest BCUT2D eigenvalue weighted by Gasteiger charge is -2.36. The fourth-order valence-corrected chi connectivity index (χ4v) is 8.97. The minimum atomic E-state index is -5.92. The van der Waals surface area contributed by atoms with Crippen LogP contribution in [0.1, 0.15) is 71.9 Å². The van der Waals surface area contributed by atoms with E-state index >= 15 is 0 Å². The van der Waals surface area contributed by atoms with E-state index in [1.807, 2.05) is 25.2 Å². The number of allylic oxidation sites excluding steroid dienone is 4. The summed E-state index contributed by atoms with van der Waals surface area (Å²) < 4.78 is 60.6. The Labute approximate surface area is 355 Å². The molecule has 28 heteroatoms. The van der Waals surface area contributed by atoms with Crippen molar-refractivity contribution >= 4 is 69.1 Å². The summed E-state index contributed by atoms with van der Waals surface area (Å²) in [6, 6.07) is 0. The molecule has 0 radical (unpaired) electrons. The summed E-state index contributed by atoms with van der Waals surface area (Å²) in [6.45, 7) is 2.09. The Kier molecular flexibility index (Phi) is 20.8. The van der Waals surface area contributed by atoms with E-state index in [9.17, 15) is 57.9 Å². The number of phosphoric ester groups is 3. The highest BCUT2D eigenvalue weighted by Crippen LogP contribution is 2.56. The first-order chi connectivity index (χ1) is 28.6. The molecule has 1 saturated heterocycles. The number of thioether (sulfide) groups is 1. The van der Waals surface area contributed by atoms with Gasteiger partial charge in [0, 0.05) is 37.1 Å². The lowest BCUT2D eigenvalue weighted by Crippen LogP contribution is -2.46. The number of aromatic nitrogens is 4. The van der Waals surface area contributed by atoms with E-state index in [-0.39, 0.29) is 41.6 Å². The molecule has 2 unspecified atom stereocenters. The van der Waals surface area contributed by atoms with Crippen LogP contribution in [0.2, 0.25) is 0 Å². The summed E-state index contributed by atoms with van der Waals surface area (Å²) in [5, 5.41) is 26.3. The van der Waals surface area contributed by atoms with Gasteiger partial charge in [0.25, 0.3) is 15.6 Å². The molecule has 61 heavy (non-hydrogen) atoms. The van der Waals surface area contributed by atoms with Crippen LogP contribution in [0.5, 0.6) is 0 Å². The van der Waals surface area contributed by atoms with E-state index in [4.69, 9.17) is 10.5 Å². The average molecular weight is 942 g/mol. The van der Waals surface area contributed by atoms with E-state index in [2.05, 4.69) is 49.5 Å². The van der Waals surface area contributed by atoms with Crippen molar-refractivity contribution in [2.75, 3.05) is 37.8 Å². The van der Waals surface area contributed by atoms with Gasteiger partial charge >= 0.3 is 0 Å². The first-order valence-corrected chi connectivity index (χ1v) is 24.2. The number of rotatable bonds is 27. The minimum absolute atomic E-state index is 0.0205. The molecule has 0 saturated carbocycles. The fourth-order valence-electron chi connectivity index (χ4n) is 5.52. The topological polar surface area (TPSA) is 375 Å². The van der Waals surface area contributed by atoms with Crippen LogP contribution in [0, 0.1) is 5.41 Å². The molecule has 2 amide bonds. The number of amides is 2. The predicted octanol–water partition coefficient (Wildman–Crippen LogP) is -0.390. The van der Waals surface area contributed by atoms with Gasteiger partial charge in [0.1, 0.15) is 36.3 Å². The number of hydrogen-bond donors (Lipinski definition) is 5. The maximum Gasteiger partial charge on any atom is 0.274 e. The SMILES string of the molecule is C/C=C/C=C/CCCCCCC(=O)SCCNC(=O)CCNC(=O)[C@H](O)C(C)(C)COP(=O)([O-])OP(=O)([O-])OC[C@H]1O[C@@H](n2cnc3c(N)ncnc32)[C@H](O)[C@@H]1OP(=O)([O-])[O-]. The van der Waals surface area contributed by atoms with E-state index < -0.39 is 84.6 Å². The summed E-state index contributed by atoms with van der Waals surface area (Å²) in [4.78, 5) is 96.4. The van der Waals surface area contributed by atoms with Crippen LogP contribution in [-0.2, 0) is 50.7 Å². The summed E-state index contributed by atoms with van der Waals surface area (Å²) in [5.41, 5.74) is 4.08. The summed E-state index contributed by atoms with van der Waals surface area (Å²) in [6.07, 6.45) is 5.74. The third-order valence-electron chi connectivity index (χ3n) is 8.68. The van der Waals surface area contributed by atoms with Crippen molar-refractivity contribution in [2.45, 2.75) is 96.4 Å². The molecule has 0 aliphatic carbocycles. The van der Waals surface area contributed by atoms with Crippen LogP contribution in [0.4, 0.5) is 5.82 Å². The van der Waals surface area contributed by atoms with Gasteiger partial charge in [-0.15, -0.1) is 0 Å². The normalized spacial score (nSPS) is 21.1. The van der Waals surface area contributed by atoms with Crippen molar-refractivity contribution in [3.8, 4) is 0 Å². The molecular weight excluding hydrogens is 891 g/mol. The predicted molar refractivity (Wildman–Crippen MR) is 210 cm³/mol. The lowest BCUT2D eigenvalue weighted by atomic mass is 9.87. The Morgan fingerprint density at radius 2 is 1.72 bits per heavy atom. The number of aliphatic hydroxyl groups is 2. The Balaban J connectivity index is 1.39. The van der Waals surface area contributed by atoms with Crippen LogP contribution >= 0.6 is 35.2 Å². The summed E-state index contributed by atoms with van der Waals surface area (Å²) >= 11 is 1.12. The monoisotopic (exact) mass is 941 g/mol. The maximum atomic E-state index is 12.6. The molecular formula is C33H50N7O17P3S-4. The molecule has 3 heterocycles. The van der Waals surface area contributed by atoms with Gasteiger partial charge < -0.3 is 69.0 Å². The van der Waals surface area contributed by atoms with Crippen molar-refractivity contribution in [2.24, 2.45) is 5.41 Å². The van der Waals surface area contributed by atoms with Crippen molar-refractivity contribution in [3.05, 3.63) is 37.0 Å². The van der Waals surface area contributed by atoms with E-state index in [0.29, 0.717) is 12.2 Å². The highest BCUT2D eigenvalue weighted by molar-refractivity contribution is 8.13. The number of aliphatic hydroxyl groups excluding tert-OH is 2. The van der Waals surface area contributed by atoms with E-state index in [0.717, 1.165) is 61.1 Å². The second-order valence-electron chi connectivity index (χ2n) is 14.1. The van der Waals surface area contributed by atoms with Crippen molar-refractivity contribution in [3.63, 3.8) is 0 Å². The van der Waals surface area contributed by atoms with Gasteiger partial charge in [-0.2, -0.15) is 0 Å². The fraction of sp³-hybridized carbons (Fsp3) is 0.636. The van der Waals surface area contributed by atoms with Gasteiger partial charge in [-0.25, -0.2) is 19.3 Å². The third-order valence-corrected chi connectivity index (χ3v) is 12.6. The number of carbonyl (C=O) groups excluding carboxylic acids is 3. The van der Waals surface area contributed by atoms with Crippen molar-refractivity contribution in [1.82, 2.24) is 30.2 Å². The van der Waals surface area contributed by atoms with Gasteiger partial charge in [-0.05, 0) is 26.2 Å². The number of nitrogens with one attached hydrogen (secondary N) is 2. The van der Waals surface area contributed by atoms with Gasteiger partial charge in [-0.3, -0.25) is 28.1 Å². The number of nitrogen functional groups attached to an aromatic ring is 1. The number of nitrogens with two attached hydrogens (primary N) is 1. The molecule has 3 rings (SSSR count). The molecule has 0 bridgehead atoms. The van der Waals surface area contributed by atoms with Gasteiger partial charge in [-0.1, -0.05) is 62.8 Å². The molecule has 0 spiro atoms. The average Bonchev–Trinajstić information content (AvgIpc) is 3.73. The standard InChI is InChI=1S/C33H54N7O17P3S/c1-4-5-6-7-8-9-10-11-12-13-24(42)61-17-16-35-23(41)14-15-36-31(45)28(44)33(2,3)19-54-60(51,52)57-59(49,50)53-18-22-27(56-58(46,47)48)26(43)32(55-22)40-21-39-25-29(34)37-20-38-30(25)40/h4-7,20-22,26-28,32,43-44H,8-19H2,1-3H3,(H,35,41)(H,36,45)(H,49,50)(H,51,52)(H2,34,37,38)(H2,46,47,48)/p-4/b5-4+,7-6+/t22-,26-,27-,28+,32-/m1/s1. The number of unbranched alkanes of at least 4 members (excludes halogenated alkanes) is 4. The number of phosphoric acid groups is 3. The van der Waals surface area contributed by atoms with Gasteiger partial charge in [0.05, 0.1) is 27.4 Å². The zero-order valence-corrected chi connectivity index (χ0v) is 37.0. The number of anilines is 1. The highest BCUT2D eigenvalue weighted by Gasteiger charge is 2.47. The second-order valence-corrected chi connectivity index (χ2v) is 19.3. The maximum absolute atomic E-state index is 12.6. The van der Waals surface area contributed by atoms with Crippen LogP contribution < -0.4 is 35.9 Å². The number of nitrogens with zero attached hydrogens (tertiary/aromatic N) is 4. The van der Waals surface area contributed by atoms with Crippen molar-refractivity contribution < 1.29 is 80.5 Å². The van der Waals surface area contributed by atoms with Crippen LogP contribution in [0.25, 0.3) is 11.2 Å². The molecule has 1 aliphatic heterocycles. The molecule has 1 aliphatic rings. The Morgan fingerprint density at radius 3 is 2.43 bits per heavy atom. The molecule has 2 aromatic heterocycles. The quantitative estimate of drug-likeness (QED) is 0.0432. The number of carbonyl (C=O) groups is 3. The van der Waals surface area contributed by atoms with Gasteiger partial charge in [0.2, 0.25) is 11.8 Å². The number of imidazole rings is 1. The number of ether oxygens (including phenoxy) is 1. The summed E-state index contributed by atoms with van der Waals surface area (Å²) in [7, 11) is -17.6. The van der Waals surface area contributed by atoms with E-state index in [1.54, 1.807) is 0 Å². The molecule has 0 aromatic carbocycles. The summed E-state index contributed by atoms with van der Waals surface area (Å²) in [5.74, 6) is -1.16. The highest BCUT2D eigenvalue weighted by atomic mass is 32.2. The second kappa shape index (κ2) is 24.2. The largest absolute Gasteiger partial charge is 0.790 e. The number of hydrogen-bond acceptors (Lipinski definition) is 22. The van der Waals surface area contributed by atoms with E-state index in [1.165, 1.54) is 13.8 Å². The molecule has 6 N–H and O–H groups in total. The van der Waals surface area contributed by atoms with Gasteiger partial charge in [0.15, 0.2) is 22.8 Å². The molecule has 7 atom stereocenters. The smallest absolute Gasteiger partial charge is 0.274 e. The first kappa shape index (κ1) is 52.4. The van der Waals surface area contributed by atoms with Crippen LogP contribution in [0.15, 0.2) is 37.0 Å².